The molecule has 3 aromatic rings. The average molecular weight is 737 g/mol. The van der Waals surface area contributed by atoms with E-state index in [9.17, 15) is 53.1 Å². The van der Waals surface area contributed by atoms with Gasteiger partial charge in [-0.25, -0.2) is 4.79 Å². The maximum atomic E-state index is 14.4. The molecule has 0 saturated carbocycles. The molecule has 0 aliphatic carbocycles. The van der Waals surface area contributed by atoms with Crippen LogP contribution in [0.15, 0.2) is 51.7 Å². The molecule has 3 rings (SSSR count). The second kappa shape index (κ2) is 15.0. The molecule has 49 heavy (non-hydrogen) atoms. The molecule has 0 aliphatic rings. The van der Waals surface area contributed by atoms with Crippen LogP contribution in [0.2, 0.25) is 12.6 Å². The molecule has 0 bridgehead atoms. The highest BCUT2D eigenvalue weighted by Crippen LogP contribution is 2.55. The Morgan fingerprint density at radius 3 is 1.94 bits per heavy atom. The minimum absolute atomic E-state index is 0.0712. The van der Waals surface area contributed by atoms with Crippen LogP contribution in [-0.4, -0.2) is 53.1 Å². The van der Waals surface area contributed by atoms with Crippen molar-refractivity contribution >= 4 is 19.5 Å². The zero-order valence-corrected chi connectivity index (χ0v) is 27.9. The smallest absolute Gasteiger partial charge is 0.417 e. The number of unbranched alkanes of at least 4 members (excludes halogenated alkanes) is 2. The lowest BCUT2D eigenvalue weighted by Gasteiger charge is -2.37. The number of hydrogen-bond acceptors (Lipinski definition) is 5. The normalized spacial score (nSPS) is 13.7. The van der Waals surface area contributed by atoms with E-state index in [-0.39, 0.29) is 16.7 Å². The standard InChI is InChI=1S/C32H35F11O5Si/c1-5-6-7-8-20-9-12-23(25(17-20)30(37,38)39)24-18-21-10-11-22(19-26(21)48-27(24)44)47-15-13-28(33,34)31(40,41)32(42,43)29(35,36)14-16-49(4,45-2)46-3/h9-12,17-19H,5-8,13-16H2,1-4H3. The number of aryl methyl sites for hydroxylation is 1. The molecule has 2 aromatic carbocycles. The summed E-state index contributed by atoms with van der Waals surface area (Å²) in [6.45, 7) is 1.77. The quantitative estimate of drug-likeness (QED) is 0.0598. The number of alkyl halides is 11. The summed E-state index contributed by atoms with van der Waals surface area (Å²) < 4.78 is 177. The number of rotatable bonds is 17. The molecule has 0 aliphatic heterocycles. The highest BCUT2D eigenvalue weighted by molar-refractivity contribution is 6.65. The fourth-order valence-electron chi connectivity index (χ4n) is 4.91. The van der Waals surface area contributed by atoms with Crippen LogP contribution in [0, 0.1) is 0 Å². The molecule has 0 radical (unpaired) electrons. The molecule has 0 atom stereocenters. The van der Waals surface area contributed by atoms with Crippen LogP contribution in [0.3, 0.4) is 0 Å². The van der Waals surface area contributed by atoms with Gasteiger partial charge in [-0.2, -0.15) is 48.3 Å². The lowest BCUT2D eigenvalue weighted by atomic mass is 9.95. The van der Waals surface area contributed by atoms with Gasteiger partial charge in [0.05, 0.1) is 24.2 Å². The molecule has 0 N–H and O–H groups in total. The summed E-state index contributed by atoms with van der Waals surface area (Å²) in [5, 5.41) is 0.0712. The summed E-state index contributed by atoms with van der Waals surface area (Å²) in [6.07, 6.45) is -6.10. The SMILES string of the molecule is CCCCCc1ccc(-c2cc3ccc(OCCC(F)(F)C(F)(F)C(F)(F)C(F)(F)CC[Si](C)(OC)OC)cc3oc2=O)c(C(F)(F)F)c1. The molecule has 1 heterocycles. The molecule has 5 nitrogen and oxygen atoms in total. The van der Waals surface area contributed by atoms with Crippen LogP contribution < -0.4 is 10.4 Å². The number of halogens is 11. The Kier molecular flexibility index (Phi) is 12.3. The van der Waals surface area contributed by atoms with Gasteiger partial charge >= 0.3 is 44.1 Å². The van der Waals surface area contributed by atoms with Crippen molar-refractivity contribution in [3.05, 3.63) is 64.0 Å². The summed E-state index contributed by atoms with van der Waals surface area (Å²) in [5.41, 5.74) is -2.98. The van der Waals surface area contributed by atoms with Gasteiger partial charge in [0.25, 0.3) is 0 Å². The van der Waals surface area contributed by atoms with Gasteiger partial charge in [0.15, 0.2) is 0 Å². The van der Waals surface area contributed by atoms with E-state index in [1.165, 1.54) is 18.7 Å². The Balaban J connectivity index is 1.79. The van der Waals surface area contributed by atoms with Crippen molar-refractivity contribution in [3.8, 4) is 16.9 Å². The molecule has 0 saturated heterocycles. The van der Waals surface area contributed by atoms with Gasteiger partial charge in [-0.3, -0.25) is 0 Å². The molecular weight excluding hydrogens is 701 g/mol. The zero-order valence-electron chi connectivity index (χ0n) is 26.9. The van der Waals surface area contributed by atoms with Gasteiger partial charge < -0.3 is 18.0 Å². The fourth-order valence-corrected chi connectivity index (χ4v) is 6.25. The lowest BCUT2D eigenvalue weighted by molar-refractivity contribution is -0.367. The van der Waals surface area contributed by atoms with Crippen molar-refractivity contribution in [1.29, 1.82) is 0 Å². The first-order valence-corrected chi connectivity index (χ1v) is 17.6. The van der Waals surface area contributed by atoms with Gasteiger partial charge in [0, 0.05) is 37.7 Å². The van der Waals surface area contributed by atoms with Crippen LogP contribution in [0.4, 0.5) is 48.3 Å². The van der Waals surface area contributed by atoms with Crippen molar-refractivity contribution in [1.82, 2.24) is 0 Å². The molecule has 0 spiro atoms. The van der Waals surface area contributed by atoms with E-state index in [0.29, 0.717) is 18.4 Å². The predicted molar refractivity (Wildman–Crippen MR) is 161 cm³/mol. The summed E-state index contributed by atoms with van der Waals surface area (Å²) in [4.78, 5) is 12.8. The maximum Gasteiger partial charge on any atom is 0.417 e. The molecular formula is C32H35F11O5Si. The van der Waals surface area contributed by atoms with E-state index in [0.717, 1.165) is 57.4 Å². The van der Waals surface area contributed by atoms with E-state index in [1.54, 1.807) is 0 Å². The van der Waals surface area contributed by atoms with E-state index in [1.807, 2.05) is 6.92 Å². The van der Waals surface area contributed by atoms with Crippen LogP contribution >= 0.6 is 0 Å². The lowest BCUT2D eigenvalue weighted by Crippen LogP contribution is -2.62. The predicted octanol–water partition coefficient (Wildman–Crippen LogP) is 10.3. The summed E-state index contributed by atoms with van der Waals surface area (Å²) >= 11 is 0. The third-order valence-corrected chi connectivity index (χ3v) is 11.1. The second-order valence-corrected chi connectivity index (χ2v) is 15.3. The minimum Gasteiger partial charge on any atom is -0.493 e. The number of fused-ring (bicyclic) bond motifs is 1. The van der Waals surface area contributed by atoms with Crippen LogP contribution in [0.5, 0.6) is 5.75 Å². The van der Waals surface area contributed by atoms with E-state index in [2.05, 4.69) is 0 Å². The zero-order chi connectivity index (χ0) is 37.1. The van der Waals surface area contributed by atoms with Crippen molar-refractivity contribution < 1.29 is 66.3 Å². The van der Waals surface area contributed by atoms with Crippen LogP contribution in [0.1, 0.15) is 50.2 Å². The molecule has 0 amide bonds. The first-order chi connectivity index (χ1) is 22.6. The molecule has 17 heteroatoms. The summed E-state index contributed by atoms with van der Waals surface area (Å²) in [5.74, 6) is -24.6. The topological polar surface area (TPSA) is 57.9 Å². The maximum absolute atomic E-state index is 14.4. The largest absolute Gasteiger partial charge is 0.493 e. The summed E-state index contributed by atoms with van der Waals surface area (Å²) in [7, 11) is -1.37. The van der Waals surface area contributed by atoms with Gasteiger partial charge in [0.2, 0.25) is 0 Å². The highest BCUT2D eigenvalue weighted by Gasteiger charge is 2.79. The van der Waals surface area contributed by atoms with Crippen molar-refractivity contribution in [2.24, 2.45) is 0 Å². The number of ether oxygens (including phenoxy) is 1. The molecule has 0 unspecified atom stereocenters. The van der Waals surface area contributed by atoms with Crippen molar-refractivity contribution in [3.63, 3.8) is 0 Å². The van der Waals surface area contributed by atoms with Gasteiger partial charge in [-0.15, -0.1) is 0 Å². The van der Waals surface area contributed by atoms with Crippen LogP contribution in [0.25, 0.3) is 22.1 Å². The minimum atomic E-state index is -6.51. The first kappa shape index (κ1) is 40.2. The second-order valence-electron chi connectivity index (χ2n) is 11.7. The monoisotopic (exact) mass is 736 g/mol. The van der Waals surface area contributed by atoms with E-state index >= 15 is 0 Å². The highest BCUT2D eigenvalue weighted by atomic mass is 28.4. The Bertz CT molecular complexity index is 1640. The third kappa shape index (κ3) is 8.77. The van der Waals surface area contributed by atoms with Gasteiger partial charge in [-0.05, 0) is 55.3 Å². The van der Waals surface area contributed by atoms with E-state index in [4.69, 9.17) is 18.0 Å². The Morgan fingerprint density at radius 1 is 0.755 bits per heavy atom. The fraction of sp³-hybridized carbons (Fsp3) is 0.531. The van der Waals surface area contributed by atoms with Gasteiger partial charge in [-0.1, -0.05) is 31.9 Å². The molecule has 0 fully saturated rings. The number of hydrogen-bond donors (Lipinski definition) is 0. The third-order valence-electron chi connectivity index (χ3n) is 8.21. The van der Waals surface area contributed by atoms with Crippen molar-refractivity contribution in [2.75, 3.05) is 20.8 Å². The average Bonchev–Trinajstić information content (AvgIpc) is 3.02. The van der Waals surface area contributed by atoms with Crippen molar-refractivity contribution in [2.45, 2.75) is 87.9 Å². The van der Waals surface area contributed by atoms with Crippen LogP contribution in [-0.2, 0) is 21.4 Å². The van der Waals surface area contributed by atoms with Gasteiger partial charge in [0.1, 0.15) is 11.3 Å². The number of benzene rings is 2. The summed E-state index contributed by atoms with van der Waals surface area (Å²) in [6, 6.07) is 6.97. The molecule has 274 valence electrons. The van der Waals surface area contributed by atoms with E-state index < -0.39 is 86.2 Å². The Hall–Kier alpha value is -3.18. The first-order valence-electron chi connectivity index (χ1n) is 15.1. The Morgan fingerprint density at radius 2 is 1.37 bits per heavy atom. The molecule has 1 aromatic heterocycles. The Labute approximate surface area is 275 Å².